The molecule has 3 N–H and O–H groups in total. The molecule has 0 bridgehead atoms. The van der Waals surface area contributed by atoms with Crippen LogP contribution in [0, 0.1) is 5.92 Å². The van der Waals surface area contributed by atoms with E-state index in [4.69, 9.17) is 0 Å². The van der Waals surface area contributed by atoms with Crippen molar-refractivity contribution in [1.82, 2.24) is 15.4 Å². The molecule has 30 heavy (non-hydrogen) atoms. The van der Waals surface area contributed by atoms with Crippen molar-refractivity contribution in [3.63, 3.8) is 0 Å². The molecule has 0 radical (unpaired) electrons. The van der Waals surface area contributed by atoms with Gasteiger partial charge in [0.15, 0.2) is 11.5 Å². The number of hydrogen-bond acceptors (Lipinski definition) is 6. The maximum atomic E-state index is 13.4. The fraction of sp³-hybridized carbons (Fsp3) is 0.545. The maximum absolute atomic E-state index is 13.4. The van der Waals surface area contributed by atoms with Gasteiger partial charge in [-0.05, 0) is 31.4 Å². The molecule has 1 aliphatic heterocycles. The van der Waals surface area contributed by atoms with E-state index in [0.717, 1.165) is 38.5 Å². The number of aromatic nitrogens is 1. The van der Waals surface area contributed by atoms with Crippen LogP contribution in [0.2, 0.25) is 0 Å². The van der Waals surface area contributed by atoms with Gasteiger partial charge in [0.25, 0.3) is 11.8 Å². The second-order valence-electron chi connectivity index (χ2n) is 7.97. The normalized spacial score (nSPS) is 21.1. The monoisotopic (exact) mass is 415 g/mol. The van der Waals surface area contributed by atoms with Crippen LogP contribution >= 0.6 is 0 Å². The highest BCUT2D eigenvalue weighted by Gasteiger charge is 2.49. The molecule has 8 nitrogen and oxygen atoms in total. The number of amides is 2. The fourth-order valence-corrected chi connectivity index (χ4v) is 4.48. The summed E-state index contributed by atoms with van der Waals surface area (Å²) in [4.78, 5) is 44.5. The lowest BCUT2D eigenvalue weighted by molar-refractivity contribution is -0.144. The molecule has 0 spiro atoms. The highest BCUT2D eigenvalue weighted by atomic mass is 16.5. The second-order valence-corrected chi connectivity index (χ2v) is 7.97. The molecule has 8 heteroatoms. The highest BCUT2D eigenvalue weighted by Crippen LogP contribution is 2.42. The van der Waals surface area contributed by atoms with E-state index in [2.05, 4.69) is 4.98 Å². The minimum absolute atomic E-state index is 0.0119. The van der Waals surface area contributed by atoms with Crippen LogP contribution in [-0.2, 0) is 14.4 Å². The number of hydroxylamine groups is 1. The number of Topliss-reactive ketones (excluding diaryl/α,β-unsaturated/α-hetero) is 1. The van der Waals surface area contributed by atoms with Gasteiger partial charge in [0.2, 0.25) is 0 Å². The molecule has 0 aromatic carbocycles. The smallest absolute Gasteiger partial charge is 0.290 e. The third kappa shape index (κ3) is 4.23. The van der Waals surface area contributed by atoms with E-state index in [9.17, 15) is 24.7 Å². The molecule has 1 saturated carbocycles. The van der Waals surface area contributed by atoms with Gasteiger partial charge in [-0.25, -0.2) is 5.48 Å². The van der Waals surface area contributed by atoms with Crippen LogP contribution in [0.4, 0.5) is 0 Å². The number of aliphatic hydroxyl groups is 1. The third-order valence-electron chi connectivity index (χ3n) is 6.03. The van der Waals surface area contributed by atoms with Gasteiger partial charge < -0.3 is 10.0 Å². The van der Waals surface area contributed by atoms with Crippen molar-refractivity contribution in [3.8, 4) is 0 Å². The van der Waals surface area contributed by atoms with Crippen molar-refractivity contribution < 1.29 is 24.7 Å². The summed E-state index contributed by atoms with van der Waals surface area (Å²) >= 11 is 0. The van der Waals surface area contributed by atoms with E-state index in [-0.39, 0.29) is 23.7 Å². The summed E-state index contributed by atoms with van der Waals surface area (Å²) in [5.41, 5.74) is 2.04. The summed E-state index contributed by atoms with van der Waals surface area (Å²) in [5.74, 6) is -2.66. The molecule has 1 aromatic heterocycles. The lowest BCUT2D eigenvalue weighted by Crippen LogP contribution is -2.49. The summed E-state index contributed by atoms with van der Waals surface area (Å²) in [5, 5.41) is 20.0. The number of aliphatic hydroxyl groups excluding tert-OH is 1. The molecule has 162 valence electrons. The molecule has 1 fully saturated rings. The number of rotatable bonds is 8. The average molecular weight is 415 g/mol. The molecular weight excluding hydrogens is 386 g/mol. The quantitative estimate of drug-likeness (QED) is 0.443. The van der Waals surface area contributed by atoms with Crippen molar-refractivity contribution in [1.29, 1.82) is 0 Å². The van der Waals surface area contributed by atoms with Gasteiger partial charge in [0.1, 0.15) is 12.1 Å². The maximum Gasteiger partial charge on any atom is 0.290 e. The lowest BCUT2D eigenvalue weighted by Gasteiger charge is -2.33. The number of pyridine rings is 1. The summed E-state index contributed by atoms with van der Waals surface area (Å²) < 4.78 is 0. The number of carbonyl (C=O) groups is 3. The molecular formula is C22H29N3O5. The fourth-order valence-electron chi connectivity index (χ4n) is 4.48. The van der Waals surface area contributed by atoms with E-state index >= 15 is 0 Å². The van der Waals surface area contributed by atoms with E-state index in [1.54, 1.807) is 29.9 Å². The van der Waals surface area contributed by atoms with E-state index in [1.807, 2.05) is 6.92 Å². The molecule has 2 atom stereocenters. The molecule has 3 rings (SSSR count). The van der Waals surface area contributed by atoms with E-state index < -0.39 is 29.7 Å². The molecule has 1 aromatic rings. The topological polar surface area (TPSA) is 120 Å². The Morgan fingerprint density at radius 2 is 2.00 bits per heavy atom. The molecule has 2 heterocycles. The largest absolute Gasteiger partial charge is 0.503 e. The first-order valence-electron chi connectivity index (χ1n) is 10.7. The van der Waals surface area contributed by atoms with Crippen molar-refractivity contribution in [2.75, 3.05) is 0 Å². The minimum atomic E-state index is -1.03. The number of carbonyl (C=O) groups excluding carboxylic acids is 3. The van der Waals surface area contributed by atoms with Crippen molar-refractivity contribution >= 4 is 17.6 Å². The summed E-state index contributed by atoms with van der Waals surface area (Å²) in [6.45, 7) is 1.95. The van der Waals surface area contributed by atoms with Crippen LogP contribution < -0.4 is 5.48 Å². The van der Waals surface area contributed by atoms with Gasteiger partial charge in [0.05, 0.1) is 11.3 Å². The summed E-state index contributed by atoms with van der Waals surface area (Å²) in [6.07, 6.45) is 7.61. The van der Waals surface area contributed by atoms with Crippen LogP contribution in [0.5, 0.6) is 0 Å². The van der Waals surface area contributed by atoms with Crippen LogP contribution in [-0.4, -0.2) is 43.8 Å². The van der Waals surface area contributed by atoms with Crippen LogP contribution in [0.25, 0.3) is 0 Å². The minimum Gasteiger partial charge on any atom is -0.503 e. The number of unbranched alkanes of at least 4 members (excludes halogenated alkanes) is 1. The van der Waals surface area contributed by atoms with Crippen LogP contribution in [0.15, 0.2) is 35.7 Å². The highest BCUT2D eigenvalue weighted by molar-refractivity contribution is 6.10. The van der Waals surface area contributed by atoms with Crippen molar-refractivity contribution in [3.05, 3.63) is 41.4 Å². The lowest BCUT2D eigenvalue weighted by atomic mass is 9.81. The Bertz CT molecular complexity index is 817. The Labute approximate surface area is 175 Å². The van der Waals surface area contributed by atoms with Gasteiger partial charge in [-0.3, -0.25) is 24.6 Å². The molecule has 2 unspecified atom stereocenters. The molecule has 0 saturated heterocycles. The zero-order valence-corrected chi connectivity index (χ0v) is 17.2. The zero-order valence-electron chi connectivity index (χ0n) is 17.2. The standard InChI is InChI=1S/C22H29N3O5/c1-2-3-12-16(21(28)24-30)25-18(15-11-7-8-13-23-15)17(20(27)22(25)29)19(26)14-9-5-4-6-10-14/h7-8,11,13-14,16,18,27,30H,2-6,9-10,12H2,1H3,(H,24,28). The first kappa shape index (κ1) is 22.0. The first-order chi connectivity index (χ1) is 14.5. The van der Waals surface area contributed by atoms with Crippen LogP contribution in [0.3, 0.4) is 0 Å². The molecule has 1 aliphatic carbocycles. The van der Waals surface area contributed by atoms with E-state index in [0.29, 0.717) is 12.1 Å². The van der Waals surface area contributed by atoms with Gasteiger partial charge in [-0.2, -0.15) is 0 Å². The van der Waals surface area contributed by atoms with Gasteiger partial charge >= 0.3 is 0 Å². The molecule has 2 aliphatic rings. The zero-order chi connectivity index (χ0) is 21.7. The van der Waals surface area contributed by atoms with Gasteiger partial charge in [-0.1, -0.05) is 45.1 Å². The number of hydrogen-bond donors (Lipinski definition) is 3. The van der Waals surface area contributed by atoms with Crippen molar-refractivity contribution in [2.45, 2.75) is 70.4 Å². The summed E-state index contributed by atoms with van der Waals surface area (Å²) in [6, 6.07) is 3.12. The number of nitrogens with one attached hydrogen (secondary N) is 1. The predicted molar refractivity (Wildman–Crippen MR) is 108 cm³/mol. The predicted octanol–water partition coefficient (Wildman–Crippen LogP) is 2.99. The van der Waals surface area contributed by atoms with Gasteiger partial charge in [-0.15, -0.1) is 0 Å². The molecule has 2 amide bonds. The Morgan fingerprint density at radius 1 is 1.27 bits per heavy atom. The summed E-state index contributed by atoms with van der Waals surface area (Å²) in [7, 11) is 0. The Morgan fingerprint density at radius 3 is 2.60 bits per heavy atom. The Kier molecular flexibility index (Phi) is 7.20. The van der Waals surface area contributed by atoms with Crippen molar-refractivity contribution in [2.24, 2.45) is 5.92 Å². The Balaban J connectivity index is 2.05. The van der Waals surface area contributed by atoms with E-state index in [1.165, 1.54) is 4.90 Å². The second kappa shape index (κ2) is 9.84. The number of nitrogens with zero attached hydrogens (tertiary/aromatic N) is 2. The average Bonchev–Trinajstić information content (AvgIpc) is 3.05. The van der Waals surface area contributed by atoms with Gasteiger partial charge in [0, 0.05) is 12.1 Å². The number of ketones is 1. The first-order valence-corrected chi connectivity index (χ1v) is 10.7. The SMILES string of the molecule is CCCCC(C(=O)NO)N1C(=O)C(O)=C(C(=O)C2CCCCC2)C1c1ccccn1. The third-order valence-corrected chi connectivity index (χ3v) is 6.03. The Hall–Kier alpha value is -2.74. The van der Waals surface area contributed by atoms with Crippen LogP contribution in [0.1, 0.15) is 70.0 Å².